The van der Waals surface area contributed by atoms with E-state index in [1.54, 1.807) is 24.3 Å². The van der Waals surface area contributed by atoms with Crippen molar-refractivity contribution < 1.29 is 13.2 Å². The second kappa shape index (κ2) is 8.64. The quantitative estimate of drug-likeness (QED) is 0.452. The molecule has 172 valence electrons. The molecule has 0 atom stereocenters. The van der Waals surface area contributed by atoms with Gasteiger partial charge >= 0.3 is 0 Å². The van der Waals surface area contributed by atoms with E-state index in [0.29, 0.717) is 29.5 Å². The van der Waals surface area contributed by atoms with Crippen LogP contribution in [0.25, 0.3) is 28.2 Å². The molecule has 1 aliphatic rings. The Morgan fingerprint density at radius 1 is 1.09 bits per heavy atom. The smallest absolute Gasteiger partial charge is 0.277 e. The number of nitrogens with one attached hydrogen (secondary N) is 2. The van der Waals surface area contributed by atoms with Gasteiger partial charge in [-0.05, 0) is 61.4 Å². The average molecular weight is 467 g/mol. The van der Waals surface area contributed by atoms with Crippen LogP contribution in [0.3, 0.4) is 0 Å². The fraction of sp³-hybridized carbons (Fsp3) is 0.333. The fourth-order valence-electron chi connectivity index (χ4n) is 4.39. The van der Waals surface area contributed by atoms with Crippen molar-refractivity contribution in [1.82, 2.24) is 19.7 Å². The lowest BCUT2D eigenvalue weighted by atomic mass is 9.92. The predicted molar refractivity (Wildman–Crippen MR) is 126 cm³/mol. The van der Waals surface area contributed by atoms with E-state index in [9.17, 15) is 13.2 Å². The van der Waals surface area contributed by atoms with E-state index in [2.05, 4.69) is 15.1 Å². The molecule has 1 saturated heterocycles. The number of nitrogens with zero attached hydrogens (tertiary/aromatic N) is 2. The SMILES string of the molecule is CS(=O)(=O)c1ccc(-c2[nH]n(-c3nc4ccccc4[nH]3)c(=O)c2CCC2CCOCC2)cc1. The van der Waals surface area contributed by atoms with Crippen molar-refractivity contribution in [3.8, 4) is 17.2 Å². The zero-order valence-corrected chi connectivity index (χ0v) is 19.2. The van der Waals surface area contributed by atoms with Gasteiger partial charge in [-0.15, -0.1) is 0 Å². The second-order valence-electron chi connectivity index (χ2n) is 8.57. The molecular formula is C24H26N4O4S. The van der Waals surface area contributed by atoms with Crippen LogP contribution in [0.15, 0.2) is 58.2 Å². The molecule has 2 aromatic carbocycles. The van der Waals surface area contributed by atoms with Gasteiger partial charge < -0.3 is 9.72 Å². The second-order valence-corrected chi connectivity index (χ2v) is 10.6. The van der Waals surface area contributed by atoms with Crippen LogP contribution in [0, 0.1) is 5.92 Å². The summed E-state index contributed by atoms with van der Waals surface area (Å²) >= 11 is 0. The van der Waals surface area contributed by atoms with Gasteiger partial charge in [0.05, 0.1) is 21.6 Å². The van der Waals surface area contributed by atoms with E-state index >= 15 is 0 Å². The Labute approximate surface area is 191 Å². The largest absolute Gasteiger partial charge is 0.381 e. The van der Waals surface area contributed by atoms with Gasteiger partial charge in [-0.1, -0.05) is 24.3 Å². The van der Waals surface area contributed by atoms with E-state index in [1.165, 1.54) is 10.9 Å². The van der Waals surface area contributed by atoms with Gasteiger partial charge in [0.25, 0.3) is 5.56 Å². The fourth-order valence-corrected chi connectivity index (χ4v) is 5.02. The first-order chi connectivity index (χ1) is 15.9. The molecule has 0 spiro atoms. The molecule has 9 heteroatoms. The standard InChI is InChI=1S/C24H26N4O4S/c1-33(30,31)18-9-7-17(8-10-18)22-19(11-6-16-12-14-32-15-13-16)23(29)28(27-22)24-25-20-4-2-3-5-21(20)26-24/h2-5,7-10,16,27H,6,11-15H2,1H3,(H,25,26). The highest BCUT2D eigenvalue weighted by molar-refractivity contribution is 7.90. The molecule has 0 amide bonds. The molecule has 0 bridgehead atoms. The molecule has 0 unspecified atom stereocenters. The molecule has 0 radical (unpaired) electrons. The van der Waals surface area contributed by atoms with Crippen LogP contribution in [0.1, 0.15) is 24.8 Å². The Balaban J connectivity index is 1.56. The van der Waals surface area contributed by atoms with Crippen molar-refractivity contribution in [3.63, 3.8) is 0 Å². The number of aromatic nitrogens is 4. The van der Waals surface area contributed by atoms with Crippen LogP contribution in [0.2, 0.25) is 0 Å². The number of benzene rings is 2. The summed E-state index contributed by atoms with van der Waals surface area (Å²) in [4.78, 5) is 21.5. The molecule has 2 N–H and O–H groups in total. The Kier molecular flexibility index (Phi) is 5.67. The lowest BCUT2D eigenvalue weighted by molar-refractivity contribution is 0.0640. The maximum atomic E-state index is 13.5. The van der Waals surface area contributed by atoms with Gasteiger partial charge in [-0.2, -0.15) is 4.68 Å². The first kappa shape index (κ1) is 21.7. The Bertz CT molecular complexity index is 1410. The minimum Gasteiger partial charge on any atom is -0.381 e. The van der Waals surface area contributed by atoms with Gasteiger partial charge in [0.1, 0.15) is 0 Å². The number of ether oxygens (including phenoxy) is 1. The first-order valence-corrected chi connectivity index (χ1v) is 13.0. The summed E-state index contributed by atoms with van der Waals surface area (Å²) in [5, 5.41) is 3.23. The first-order valence-electron chi connectivity index (χ1n) is 11.1. The van der Waals surface area contributed by atoms with Crippen molar-refractivity contribution in [2.45, 2.75) is 30.6 Å². The third kappa shape index (κ3) is 4.38. The number of sulfone groups is 1. The van der Waals surface area contributed by atoms with Crippen LogP contribution < -0.4 is 5.56 Å². The summed E-state index contributed by atoms with van der Waals surface area (Å²) in [6, 6.07) is 14.2. The summed E-state index contributed by atoms with van der Waals surface area (Å²) in [6.45, 7) is 1.53. The summed E-state index contributed by atoms with van der Waals surface area (Å²) in [5.74, 6) is 0.945. The zero-order chi connectivity index (χ0) is 23.0. The Hall–Kier alpha value is -3.17. The van der Waals surface area contributed by atoms with Crippen molar-refractivity contribution in [2.24, 2.45) is 5.92 Å². The van der Waals surface area contributed by atoms with Gasteiger partial charge in [0.2, 0.25) is 5.95 Å². The Morgan fingerprint density at radius 3 is 2.52 bits per heavy atom. The maximum absolute atomic E-state index is 13.5. The predicted octanol–water partition coefficient (Wildman–Crippen LogP) is 3.47. The van der Waals surface area contributed by atoms with Crippen LogP contribution in [-0.4, -0.2) is 47.6 Å². The van der Waals surface area contributed by atoms with Gasteiger partial charge in [0, 0.05) is 25.0 Å². The molecular weight excluding hydrogens is 440 g/mol. The number of para-hydroxylation sites is 2. The topological polar surface area (TPSA) is 110 Å². The van der Waals surface area contributed by atoms with Crippen molar-refractivity contribution >= 4 is 20.9 Å². The molecule has 33 heavy (non-hydrogen) atoms. The van der Waals surface area contributed by atoms with E-state index in [-0.39, 0.29) is 10.5 Å². The molecule has 4 aromatic rings. The van der Waals surface area contributed by atoms with Gasteiger partial charge in [-0.25, -0.2) is 13.4 Å². The number of imidazole rings is 1. The highest BCUT2D eigenvalue weighted by Gasteiger charge is 2.21. The monoisotopic (exact) mass is 466 g/mol. The molecule has 3 heterocycles. The molecule has 1 fully saturated rings. The normalized spacial score (nSPS) is 15.3. The highest BCUT2D eigenvalue weighted by atomic mass is 32.2. The summed E-state index contributed by atoms with van der Waals surface area (Å²) in [5.41, 5.74) is 3.59. The summed E-state index contributed by atoms with van der Waals surface area (Å²) in [6.07, 6.45) is 4.70. The number of fused-ring (bicyclic) bond motifs is 1. The average Bonchev–Trinajstić information content (AvgIpc) is 3.38. The van der Waals surface area contributed by atoms with E-state index < -0.39 is 9.84 Å². The lowest BCUT2D eigenvalue weighted by Crippen LogP contribution is -2.20. The van der Waals surface area contributed by atoms with Crippen molar-refractivity contribution in [2.75, 3.05) is 19.5 Å². The highest BCUT2D eigenvalue weighted by Crippen LogP contribution is 2.26. The number of hydrogen-bond acceptors (Lipinski definition) is 5. The number of rotatable bonds is 6. The summed E-state index contributed by atoms with van der Waals surface area (Å²) < 4.78 is 30.6. The van der Waals surface area contributed by atoms with Crippen LogP contribution in [0.4, 0.5) is 0 Å². The summed E-state index contributed by atoms with van der Waals surface area (Å²) in [7, 11) is -3.30. The van der Waals surface area contributed by atoms with E-state index in [4.69, 9.17) is 4.74 Å². The van der Waals surface area contributed by atoms with Crippen molar-refractivity contribution in [1.29, 1.82) is 0 Å². The van der Waals surface area contributed by atoms with Crippen LogP contribution in [-0.2, 0) is 21.0 Å². The van der Waals surface area contributed by atoms with Gasteiger partial charge in [0.15, 0.2) is 9.84 Å². The number of hydrogen-bond donors (Lipinski definition) is 2. The third-order valence-corrected chi connectivity index (χ3v) is 7.42. The number of H-pyrrole nitrogens is 2. The Morgan fingerprint density at radius 2 is 1.82 bits per heavy atom. The van der Waals surface area contributed by atoms with Crippen molar-refractivity contribution in [3.05, 3.63) is 64.4 Å². The molecule has 0 saturated carbocycles. The van der Waals surface area contributed by atoms with E-state index in [1.807, 2.05) is 24.3 Å². The van der Waals surface area contributed by atoms with Crippen LogP contribution in [0.5, 0.6) is 0 Å². The molecule has 0 aliphatic carbocycles. The zero-order valence-electron chi connectivity index (χ0n) is 18.4. The third-order valence-electron chi connectivity index (χ3n) is 6.29. The molecule has 8 nitrogen and oxygen atoms in total. The molecule has 1 aliphatic heterocycles. The molecule has 5 rings (SSSR count). The number of aromatic amines is 2. The maximum Gasteiger partial charge on any atom is 0.277 e. The van der Waals surface area contributed by atoms with Crippen LogP contribution >= 0.6 is 0 Å². The van der Waals surface area contributed by atoms with E-state index in [0.717, 1.165) is 49.1 Å². The minimum absolute atomic E-state index is 0.150. The minimum atomic E-state index is -3.30. The lowest BCUT2D eigenvalue weighted by Gasteiger charge is -2.21. The molecule has 2 aromatic heterocycles. The van der Waals surface area contributed by atoms with Gasteiger partial charge in [-0.3, -0.25) is 9.89 Å².